The first-order chi connectivity index (χ1) is 8.21. The molecule has 100 valence electrons. The van der Waals surface area contributed by atoms with Crippen LogP contribution in [0.1, 0.15) is 35.7 Å². The maximum atomic E-state index is 13.0. The Morgan fingerprint density at radius 1 is 1.39 bits per heavy atom. The van der Waals surface area contributed by atoms with Crippen LogP contribution in [0.25, 0.3) is 0 Å². The predicted molar refractivity (Wildman–Crippen MR) is 58.6 cm³/mol. The molecule has 0 aliphatic rings. The summed E-state index contributed by atoms with van der Waals surface area (Å²) in [6.45, 7) is 1.69. The zero-order valence-corrected chi connectivity index (χ0v) is 9.72. The van der Waals surface area contributed by atoms with Gasteiger partial charge in [0.05, 0.1) is 5.56 Å². The van der Waals surface area contributed by atoms with E-state index in [0.29, 0.717) is 18.6 Å². The van der Waals surface area contributed by atoms with Gasteiger partial charge in [-0.2, -0.15) is 13.2 Å². The van der Waals surface area contributed by atoms with Crippen molar-refractivity contribution in [1.29, 1.82) is 0 Å². The Labute approximate surface area is 102 Å². The van der Waals surface area contributed by atoms with E-state index in [1.54, 1.807) is 6.92 Å². The molecule has 0 aliphatic heterocycles. The number of halogens is 4. The molecule has 0 fully saturated rings. The average Bonchev–Trinajstić information content (AvgIpc) is 2.24. The third-order valence-electron chi connectivity index (χ3n) is 2.42. The lowest BCUT2D eigenvalue weighted by atomic mass is 10.0. The molecule has 0 aliphatic carbocycles. The molecule has 2 N–H and O–H groups in total. The maximum Gasteiger partial charge on any atom is 0.419 e. The average molecular weight is 263 g/mol. The van der Waals surface area contributed by atoms with E-state index in [9.17, 15) is 22.4 Å². The molecular weight excluding hydrogens is 250 g/mol. The summed E-state index contributed by atoms with van der Waals surface area (Å²) in [5.41, 5.74) is 3.88. The summed E-state index contributed by atoms with van der Waals surface area (Å²) < 4.78 is 50.3. The number of benzene rings is 1. The Morgan fingerprint density at radius 3 is 2.50 bits per heavy atom. The van der Waals surface area contributed by atoms with Crippen molar-refractivity contribution in [3.05, 3.63) is 35.1 Å². The van der Waals surface area contributed by atoms with Crippen molar-refractivity contribution in [2.24, 2.45) is 5.73 Å². The van der Waals surface area contributed by atoms with Crippen molar-refractivity contribution >= 4 is 5.78 Å². The second-order valence-corrected chi connectivity index (χ2v) is 4.13. The standard InChI is InChI=1S/C12H13F4NO/c1-7(17)2-5-11(18)8-3-4-10(13)9(6-8)12(14,15)16/h3-4,6-7H,2,5,17H2,1H3. The van der Waals surface area contributed by atoms with Gasteiger partial charge in [-0.1, -0.05) is 0 Å². The monoisotopic (exact) mass is 263 g/mol. The summed E-state index contributed by atoms with van der Waals surface area (Å²) in [6.07, 6.45) is -4.39. The normalized spacial score (nSPS) is 13.4. The molecule has 0 spiro atoms. The highest BCUT2D eigenvalue weighted by Crippen LogP contribution is 2.32. The van der Waals surface area contributed by atoms with Gasteiger partial charge >= 0.3 is 6.18 Å². The van der Waals surface area contributed by atoms with Crippen LogP contribution in [0.3, 0.4) is 0 Å². The van der Waals surface area contributed by atoms with Crippen molar-refractivity contribution in [3.8, 4) is 0 Å². The van der Waals surface area contributed by atoms with Crippen LogP contribution in [-0.4, -0.2) is 11.8 Å². The van der Waals surface area contributed by atoms with E-state index in [2.05, 4.69) is 0 Å². The molecule has 1 unspecified atom stereocenters. The highest BCUT2D eigenvalue weighted by Gasteiger charge is 2.34. The smallest absolute Gasteiger partial charge is 0.328 e. The molecule has 18 heavy (non-hydrogen) atoms. The first-order valence-electron chi connectivity index (χ1n) is 5.37. The predicted octanol–water partition coefficient (Wildman–Crippen LogP) is 3.15. The van der Waals surface area contributed by atoms with Crippen molar-refractivity contribution < 1.29 is 22.4 Å². The largest absolute Gasteiger partial charge is 0.419 e. The molecule has 2 nitrogen and oxygen atoms in total. The number of hydrogen-bond donors (Lipinski definition) is 1. The molecule has 0 saturated carbocycles. The number of hydrogen-bond acceptors (Lipinski definition) is 2. The summed E-state index contributed by atoms with van der Waals surface area (Å²) in [6, 6.07) is 2.03. The molecule has 0 aromatic heterocycles. The number of Topliss-reactive ketones (excluding diaryl/α,β-unsaturated/α-hetero) is 1. The van der Waals surface area contributed by atoms with Gasteiger partial charge in [0, 0.05) is 18.0 Å². The fourth-order valence-electron chi connectivity index (χ4n) is 1.42. The van der Waals surface area contributed by atoms with Crippen LogP contribution >= 0.6 is 0 Å². The van der Waals surface area contributed by atoms with E-state index in [1.807, 2.05) is 0 Å². The Hall–Kier alpha value is -1.43. The fourth-order valence-corrected chi connectivity index (χ4v) is 1.42. The summed E-state index contributed by atoms with van der Waals surface area (Å²) >= 11 is 0. The minimum atomic E-state index is -4.80. The summed E-state index contributed by atoms with van der Waals surface area (Å²) in [7, 11) is 0. The Kier molecular flexibility index (Phi) is 4.45. The van der Waals surface area contributed by atoms with E-state index >= 15 is 0 Å². The number of nitrogens with two attached hydrogens (primary N) is 1. The van der Waals surface area contributed by atoms with Crippen LogP contribution in [-0.2, 0) is 6.18 Å². The quantitative estimate of drug-likeness (QED) is 0.669. The third-order valence-corrected chi connectivity index (χ3v) is 2.42. The van der Waals surface area contributed by atoms with Gasteiger partial charge in [-0.25, -0.2) is 4.39 Å². The molecular formula is C12H13F4NO. The van der Waals surface area contributed by atoms with Crippen molar-refractivity contribution in [1.82, 2.24) is 0 Å². The number of rotatable bonds is 4. The number of carbonyl (C=O) groups is 1. The van der Waals surface area contributed by atoms with Crippen molar-refractivity contribution in [2.75, 3.05) is 0 Å². The number of carbonyl (C=O) groups excluding carboxylic acids is 1. The summed E-state index contributed by atoms with van der Waals surface area (Å²) in [5.74, 6) is -1.86. The number of ketones is 1. The third kappa shape index (κ3) is 3.80. The molecule has 1 aromatic rings. The van der Waals surface area contributed by atoms with Gasteiger partial charge in [-0.15, -0.1) is 0 Å². The highest BCUT2D eigenvalue weighted by molar-refractivity contribution is 5.96. The molecule has 6 heteroatoms. The fraction of sp³-hybridized carbons (Fsp3) is 0.417. The summed E-state index contributed by atoms with van der Waals surface area (Å²) in [4.78, 5) is 11.6. The summed E-state index contributed by atoms with van der Waals surface area (Å²) in [5, 5.41) is 0. The van der Waals surface area contributed by atoms with Crippen LogP contribution in [0.2, 0.25) is 0 Å². The topological polar surface area (TPSA) is 43.1 Å². The Balaban J connectivity index is 2.95. The minimum Gasteiger partial charge on any atom is -0.328 e. The van der Waals surface area contributed by atoms with Gasteiger partial charge in [-0.3, -0.25) is 4.79 Å². The Morgan fingerprint density at radius 2 is 2.00 bits per heavy atom. The van der Waals surface area contributed by atoms with Crippen LogP contribution in [0.5, 0.6) is 0 Å². The molecule has 0 saturated heterocycles. The van der Waals surface area contributed by atoms with Crippen LogP contribution < -0.4 is 5.73 Å². The maximum absolute atomic E-state index is 13.0. The first-order valence-corrected chi connectivity index (χ1v) is 5.37. The van der Waals surface area contributed by atoms with E-state index in [0.717, 1.165) is 6.07 Å². The van der Waals surface area contributed by atoms with Gasteiger partial charge in [0.1, 0.15) is 5.82 Å². The molecule has 0 radical (unpaired) electrons. The lowest BCUT2D eigenvalue weighted by Gasteiger charge is -2.10. The van der Waals surface area contributed by atoms with E-state index in [1.165, 1.54) is 0 Å². The van der Waals surface area contributed by atoms with E-state index < -0.39 is 23.3 Å². The molecule has 1 rings (SSSR count). The van der Waals surface area contributed by atoms with E-state index in [4.69, 9.17) is 5.73 Å². The molecule has 1 atom stereocenters. The lowest BCUT2D eigenvalue weighted by molar-refractivity contribution is -0.140. The first kappa shape index (κ1) is 14.6. The van der Waals surface area contributed by atoms with Crippen LogP contribution in [0.4, 0.5) is 17.6 Å². The van der Waals surface area contributed by atoms with Crippen LogP contribution in [0, 0.1) is 5.82 Å². The zero-order valence-electron chi connectivity index (χ0n) is 9.72. The van der Waals surface area contributed by atoms with Crippen molar-refractivity contribution in [2.45, 2.75) is 32.0 Å². The molecule has 0 heterocycles. The molecule has 1 aromatic carbocycles. The second kappa shape index (κ2) is 5.48. The minimum absolute atomic E-state index is 0.0423. The van der Waals surface area contributed by atoms with Crippen molar-refractivity contribution in [3.63, 3.8) is 0 Å². The van der Waals surface area contributed by atoms with Gasteiger partial charge in [0.25, 0.3) is 0 Å². The molecule has 0 bridgehead atoms. The SMILES string of the molecule is CC(N)CCC(=O)c1ccc(F)c(C(F)(F)F)c1. The van der Waals surface area contributed by atoms with Gasteiger partial charge < -0.3 is 5.73 Å². The second-order valence-electron chi connectivity index (χ2n) is 4.13. The molecule has 0 amide bonds. The van der Waals surface area contributed by atoms with Gasteiger partial charge in [0.15, 0.2) is 5.78 Å². The number of alkyl halides is 3. The van der Waals surface area contributed by atoms with Gasteiger partial charge in [0.2, 0.25) is 0 Å². The lowest BCUT2D eigenvalue weighted by Crippen LogP contribution is -2.17. The van der Waals surface area contributed by atoms with Crippen LogP contribution in [0.15, 0.2) is 18.2 Å². The Bertz CT molecular complexity index is 440. The van der Waals surface area contributed by atoms with E-state index in [-0.39, 0.29) is 18.0 Å². The zero-order chi connectivity index (χ0) is 13.9. The highest BCUT2D eigenvalue weighted by atomic mass is 19.4. The van der Waals surface area contributed by atoms with Gasteiger partial charge in [-0.05, 0) is 31.5 Å².